The molecule has 0 aliphatic rings. The van der Waals surface area contributed by atoms with Gasteiger partial charge >= 0.3 is 0 Å². The zero-order valence-electron chi connectivity index (χ0n) is 10.7. The highest BCUT2D eigenvalue weighted by atomic mass is 14.9. The highest BCUT2D eigenvalue weighted by Gasteiger charge is 2.03. The Morgan fingerprint density at radius 3 is 2.18 bits per heavy atom. The van der Waals surface area contributed by atoms with Crippen LogP contribution in [0.1, 0.15) is 22.3 Å². The molecule has 0 aliphatic carbocycles. The van der Waals surface area contributed by atoms with Crippen LogP contribution in [0, 0.1) is 26.8 Å². The van der Waals surface area contributed by atoms with Crippen LogP contribution < -0.4 is 5.32 Å². The van der Waals surface area contributed by atoms with Gasteiger partial charge in [0, 0.05) is 12.2 Å². The van der Waals surface area contributed by atoms with Gasteiger partial charge in [-0.15, -0.1) is 0 Å². The van der Waals surface area contributed by atoms with Crippen molar-refractivity contribution in [2.45, 2.75) is 27.3 Å². The highest BCUT2D eigenvalue weighted by Crippen LogP contribution is 2.18. The summed E-state index contributed by atoms with van der Waals surface area (Å²) in [6, 6.07) is 15.4. The third-order valence-corrected chi connectivity index (χ3v) is 3.03. The number of hydrogen-bond acceptors (Lipinski definition) is 1. The molecule has 0 aliphatic heterocycles. The van der Waals surface area contributed by atoms with Crippen molar-refractivity contribution in [1.29, 1.82) is 0 Å². The second-order valence-electron chi connectivity index (χ2n) is 4.52. The fraction of sp³-hybridized carbons (Fsp3) is 0.250. The number of benzene rings is 2. The fourth-order valence-electron chi connectivity index (χ4n) is 2.18. The molecule has 0 saturated carbocycles. The van der Waals surface area contributed by atoms with E-state index < -0.39 is 0 Å². The maximum Gasteiger partial charge on any atom is 0.0406 e. The summed E-state index contributed by atoms with van der Waals surface area (Å²) in [5.74, 6) is 0. The topological polar surface area (TPSA) is 12.0 Å². The first-order valence-electron chi connectivity index (χ1n) is 5.93. The lowest BCUT2D eigenvalue weighted by Crippen LogP contribution is -2.03. The van der Waals surface area contributed by atoms with E-state index in [4.69, 9.17) is 0 Å². The van der Waals surface area contributed by atoms with Crippen LogP contribution in [0.2, 0.25) is 0 Å². The van der Waals surface area contributed by atoms with Crippen molar-refractivity contribution in [3.05, 3.63) is 64.7 Å². The van der Waals surface area contributed by atoms with Crippen molar-refractivity contribution in [3.63, 3.8) is 0 Å². The predicted octanol–water partition coefficient (Wildman–Crippen LogP) is 4.02. The van der Waals surface area contributed by atoms with Crippen molar-refractivity contribution in [2.24, 2.45) is 0 Å². The molecule has 0 bridgehead atoms. The lowest BCUT2D eigenvalue weighted by molar-refractivity contribution is 1.08. The normalized spacial score (nSPS) is 10.3. The van der Waals surface area contributed by atoms with Gasteiger partial charge in [0.2, 0.25) is 0 Å². The van der Waals surface area contributed by atoms with Gasteiger partial charge in [-0.05, 0) is 55.7 Å². The van der Waals surface area contributed by atoms with Gasteiger partial charge in [-0.25, -0.2) is 0 Å². The van der Waals surface area contributed by atoms with Crippen LogP contribution in [0.25, 0.3) is 0 Å². The van der Waals surface area contributed by atoms with Crippen LogP contribution in [-0.4, -0.2) is 0 Å². The fourth-order valence-corrected chi connectivity index (χ4v) is 2.18. The van der Waals surface area contributed by atoms with E-state index in [-0.39, 0.29) is 0 Å². The molecule has 1 radical (unpaired) electrons. The summed E-state index contributed by atoms with van der Waals surface area (Å²) < 4.78 is 0. The monoisotopic (exact) mass is 224 g/mol. The summed E-state index contributed by atoms with van der Waals surface area (Å²) in [5.41, 5.74) is 6.58. The largest absolute Gasteiger partial charge is 0.381 e. The SMILES string of the molecule is Cc1cc(C)c(CNc2cc[c]cc2)c(C)c1. The summed E-state index contributed by atoms with van der Waals surface area (Å²) in [4.78, 5) is 0. The summed E-state index contributed by atoms with van der Waals surface area (Å²) >= 11 is 0. The average molecular weight is 224 g/mol. The molecule has 1 nitrogen and oxygen atoms in total. The molecule has 87 valence electrons. The van der Waals surface area contributed by atoms with Crippen molar-refractivity contribution in [2.75, 3.05) is 5.32 Å². The molecule has 2 rings (SSSR count). The zero-order valence-corrected chi connectivity index (χ0v) is 10.7. The number of rotatable bonds is 3. The molecule has 0 aromatic heterocycles. The zero-order chi connectivity index (χ0) is 12.3. The van der Waals surface area contributed by atoms with Gasteiger partial charge in [-0.2, -0.15) is 0 Å². The molecule has 0 fully saturated rings. The first kappa shape index (κ1) is 11.7. The molecule has 2 aromatic carbocycles. The molecular formula is C16H18N. The van der Waals surface area contributed by atoms with Crippen LogP contribution in [0.3, 0.4) is 0 Å². The van der Waals surface area contributed by atoms with Crippen molar-refractivity contribution >= 4 is 5.69 Å². The first-order valence-corrected chi connectivity index (χ1v) is 5.93. The summed E-state index contributed by atoms with van der Waals surface area (Å²) in [6.45, 7) is 7.37. The molecule has 0 saturated heterocycles. The van der Waals surface area contributed by atoms with Gasteiger partial charge in [-0.3, -0.25) is 0 Å². The number of anilines is 1. The van der Waals surface area contributed by atoms with Crippen molar-refractivity contribution < 1.29 is 0 Å². The minimum absolute atomic E-state index is 0.877. The van der Waals surface area contributed by atoms with E-state index in [1.807, 2.05) is 24.3 Å². The Morgan fingerprint density at radius 1 is 1.00 bits per heavy atom. The van der Waals surface area contributed by atoms with E-state index in [2.05, 4.69) is 44.3 Å². The maximum atomic E-state index is 3.44. The maximum absolute atomic E-state index is 3.44. The van der Waals surface area contributed by atoms with Crippen LogP contribution in [0.5, 0.6) is 0 Å². The Kier molecular flexibility index (Phi) is 3.48. The molecule has 0 spiro atoms. The third-order valence-electron chi connectivity index (χ3n) is 3.03. The summed E-state index contributed by atoms with van der Waals surface area (Å²) in [7, 11) is 0. The number of aryl methyl sites for hydroxylation is 3. The molecule has 0 unspecified atom stereocenters. The van der Waals surface area contributed by atoms with Crippen LogP contribution >= 0.6 is 0 Å². The lowest BCUT2D eigenvalue weighted by atomic mass is 10.00. The van der Waals surface area contributed by atoms with Gasteiger partial charge in [0.15, 0.2) is 0 Å². The predicted molar refractivity (Wildman–Crippen MR) is 73.3 cm³/mol. The standard InChI is InChI=1S/C16H18N/c1-12-9-13(2)16(14(3)10-12)11-17-15-7-5-4-6-8-15/h5-10,17H,11H2,1-3H3. The molecule has 2 aromatic rings. The van der Waals surface area contributed by atoms with Crippen molar-refractivity contribution in [3.8, 4) is 0 Å². The van der Waals surface area contributed by atoms with Gasteiger partial charge in [0.1, 0.15) is 0 Å². The van der Waals surface area contributed by atoms with Crippen LogP contribution in [-0.2, 0) is 6.54 Å². The molecule has 0 heterocycles. The second kappa shape index (κ2) is 5.05. The van der Waals surface area contributed by atoms with E-state index in [1.54, 1.807) is 0 Å². The molecule has 0 amide bonds. The summed E-state index contributed by atoms with van der Waals surface area (Å²) in [6.07, 6.45) is 0. The van der Waals surface area contributed by atoms with Crippen molar-refractivity contribution in [1.82, 2.24) is 0 Å². The van der Waals surface area contributed by atoms with Gasteiger partial charge in [0.25, 0.3) is 0 Å². The summed E-state index contributed by atoms with van der Waals surface area (Å²) in [5, 5.41) is 3.44. The Morgan fingerprint density at radius 2 is 1.59 bits per heavy atom. The van der Waals surface area contributed by atoms with E-state index in [0.29, 0.717) is 0 Å². The molecule has 17 heavy (non-hydrogen) atoms. The molecule has 1 heteroatoms. The Bertz CT molecular complexity index is 477. The second-order valence-corrected chi connectivity index (χ2v) is 4.52. The number of nitrogens with one attached hydrogen (secondary N) is 1. The van der Waals surface area contributed by atoms with Gasteiger partial charge < -0.3 is 5.32 Å². The lowest BCUT2D eigenvalue weighted by Gasteiger charge is -2.13. The Balaban J connectivity index is 2.15. The average Bonchev–Trinajstić information content (AvgIpc) is 2.29. The first-order chi connectivity index (χ1) is 8.16. The van der Waals surface area contributed by atoms with E-state index in [9.17, 15) is 0 Å². The van der Waals surface area contributed by atoms with E-state index in [0.717, 1.165) is 12.2 Å². The third kappa shape index (κ3) is 2.88. The minimum Gasteiger partial charge on any atom is -0.381 e. The van der Waals surface area contributed by atoms with Crippen LogP contribution in [0.4, 0.5) is 5.69 Å². The Hall–Kier alpha value is -1.76. The molecular weight excluding hydrogens is 206 g/mol. The smallest absolute Gasteiger partial charge is 0.0406 e. The minimum atomic E-state index is 0.877. The number of hydrogen-bond donors (Lipinski definition) is 1. The highest BCUT2D eigenvalue weighted by molar-refractivity contribution is 5.45. The van der Waals surface area contributed by atoms with E-state index >= 15 is 0 Å². The van der Waals surface area contributed by atoms with Gasteiger partial charge in [0.05, 0.1) is 0 Å². The van der Waals surface area contributed by atoms with Gasteiger partial charge in [-0.1, -0.05) is 29.8 Å². The Labute approximate surface area is 103 Å². The molecule has 0 atom stereocenters. The quantitative estimate of drug-likeness (QED) is 0.830. The van der Waals surface area contributed by atoms with Crippen LogP contribution in [0.15, 0.2) is 36.4 Å². The molecule has 1 N–H and O–H groups in total. The van der Waals surface area contributed by atoms with E-state index in [1.165, 1.54) is 22.3 Å².